The van der Waals surface area contributed by atoms with Gasteiger partial charge in [-0.25, -0.2) is 4.68 Å². The lowest BCUT2D eigenvalue weighted by atomic mass is 10.2. The number of hydrogen-bond acceptors (Lipinski definition) is 3. The Bertz CT molecular complexity index is 603. The SMILES string of the molecule is CCn1nc(C)cc1NCc1cnn(C)c1C(F)(F)F.Cl. The Morgan fingerprint density at radius 2 is 2.00 bits per heavy atom. The average molecular weight is 324 g/mol. The van der Waals surface area contributed by atoms with E-state index in [1.54, 1.807) is 10.7 Å². The molecule has 2 rings (SSSR count). The first-order valence-corrected chi connectivity index (χ1v) is 6.19. The molecule has 0 radical (unpaired) electrons. The Hall–Kier alpha value is -1.70. The summed E-state index contributed by atoms with van der Waals surface area (Å²) in [5.41, 5.74) is 0.197. The van der Waals surface area contributed by atoms with Crippen LogP contribution in [0.3, 0.4) is 0 Å². The molecule has 118 valence electrons. The van der Waals surface area contributed by atoms with E-state index in [2.05, 4.69) is 15.5 Å². The Morgan fingerprint density at radius 3 is 2.57 bits per heavy atom. The van der Waals surface area contributed by atoms with Crippen molar-refractivity contribution in [2.45, 2.75) is 33.1 Å². The van der Waals surface area contributed by atoms with Gasteiger partial charge in [0.1, 0.15) is 11.5 Å². The molecule has 1 N–H and O–H groups in total. The number of nitrogens with one attached hydrogen (secondary N) is 1. The van der Waals surface area contributed by atoms with Crippen molar-refractivity contribution in [3.05, 3.63) is 29.2 Å². The number of nitrogens with zero attached hydrogens (tertiary/aromatic N) is 4. The lowest BCUT2D eigenvalue weighted by Gasteiger charge is -2.11. The van der Waals surface area contributed by atoms with Crippen LogP contribution in [-0.4, -0.2) is 19.6 Å². The van der Waals surface area contributed by atoms with Crippen LogP contribution in [0.5, 0.6) is 0 Å². The molecule has 9 heteroatoms. The molecule has 2 heterocycles. The maximum absolute atomic E-state index is 12.9. The Balaban J connectivity index is 0.00000220. The van der Waals surface area contributed by atoms with Crippen LogP contribution >= 0.6 is 12.4 Å². The standard InChI is InChI=1S/C12H16F3N5.ClH/c1-4-20-10(5-8(2)18-20)16-6-9-7-17-19(3)11(9)12(13,14)15;/h5,7,16H,4,6H2,1-3H3;1H. The van der Waals surface area contributed by atoms with Crippen LogP contribution < -0.4 is 5.32 Å². The van der Waals surface area contributed by atoms with Crippen molar-refractivity contribution >= 4 is 18.2 Å². The quantitative estimate of drug-likeness (QED) is 0.941. The third-order valence-electron chi connectivity index (χ3n) is 2.94. The molecule has 0 atom stereocenters. The van der Waals surface area contributed by atoms with Crippen molar-refractivity contribution in [3.8, 4) is 0 Å². The predicted octanol–water partition coefficient (Wildman–Crippen LogP) is 3.00. The molecule has 0 aliphatic carbocycles. The molecule has 0 aromatic carbocycles. The Labute approximate surface area is 126 Å². The van der Waals surface area contributed by atoms with Crippen LogP contribution in [0.2, 0.25) is 0 Å². The maximum atomic E-state index is 12.9. The largest absolute Gasteiger partial charge is 0.433 e. The fraction of sp³-hybridized carbons (Fsp3) is 0.500. The summed E-state index contributed by atoms with van der Waals surface area (Å²) in [5, 5.41) is 10.9. The van der Waals surface area contributed by atoms with Crippen LogP contribution in [-0.2, 0) is 26.3 Å². The van der Waals surface area contributed by atoms with Crippen LogP contribution in [0.15, 0.2) is 12.3 Å². The normalized spacial score (nSPS) is 11.3. The van der Waals surface area contributed by atoms with E-state index >= 15 is 0 Å². The number of alkyl halides is 3. The van der Waals surface area contributed by atoms with E-state index in [0.29, 0.717) is 12.4 Å². The second-order valence-corrected chi connectivity index (χ2v) is 4.48. The molecule has 0 aliphatic rings. The Kier molecular flexibility index (Phi) is 5.27. The molecule has 2 aromatic heterocycles. The molecule has 0 bridgehead atoms. The minimum absolute atomic E-state index is 0. The number of anilines is 1. The van der Waals surface area contributed by atoms with Gasteiger partial charge in [0.05, 0.1) is 11.9 Å². The molecule has 0 amide bonds. The van der Waals surface area contributed by atoms with E-state index in [1.807, 2.05) is 13.8 Å². The zero-order chi connectivity index (χ0) is 14.9. The van der Waals surface area contributed by atoms with Crippen LogP contribution in [0.1, 0.15) is 23.9 Å². The first-order valence-electron chi connectivity index (χ1n) is 6.19. The first kappa shape index (κ1) is 17.4. The lowest BCUT2D eigenvalue weighted by molar-refractivity contribution is -0.144. The van der Waals surface area contributed by atoms with Gasteiger partial charge in [0, 0.05) is 31.8 Å². The first-order chi connectivity index (χ1) is 9.32. The molecule has 0 aliphatic heterocycles. The molecule has 21 heavy (non-hydrogen) atoms. The van der Waals surface area contributed by atoms with Gasteiger partial charge >= 0.3 is 6.18 Å². The van der Waals surface area contributed by atoms with Crippen molar-refractivity contribution in [3.63, 3.8) is 0 Å². The van der Waals surface area contributed by atoms with Crippen molar-refractivity contribution in [2.75, 3.05) is 5.32 Å². The molecule has 0 spiro atoms. The summed E-state index contributed by atoms with van der Waals surface area (Å²) < 4.78 is 41.3. The highest BCUT2D eigenvalue weighted by molar-refractivity contribution is 5.85. The van der Waals surface area contributed by atoms with E-state index in [-0.39, 0.29) is 24.5 Å². The summed E-state index contributed by atoms with van der Waals surface area (Å²) in [6.45, 7) is 4.45. The molecule has 5 nitrogen and oxygen atoms in total. The second-order valence-electron chi connectivity index (χ2n) is 4.48. The van der Waals surface area contributed by atoms with Crippen molar-refractivity contribution in [2.24, 2.45) is 7.05 Å². The number of aryl methyl sites for hydroxylation is 3. The summed E-state index contributed by atoms with van der Waals surface area (Å²) in [5.74, 6) is 0.696. The fourth-order valence-electron chi connectivity index (χ4n) is 2.09. The van der Waals surface area contributed by atoms with E-state index < -0.39 is 11.9 Å². The van der Waals surface area contributed by atoms with Crippen molar-refractivity contribution in [1.29, 1.82) is 0 Å². The van der Waals surface area contributed by atoms with Gasteiger partial charge in [0.25, 0.3) is 0 Å². The summed E-state index contributed by atoms with van der Waals surface area (Å²) >= 11 is 0. The third-order valence-corrected chi connectivity index (χ3v) is 2.94. The van der Waals surface area contributed by atoms with Gasteiger partial charge in [-0.3, -0.25) is 4.68 Å². The fourth-order valence-corrected chi connectivity index (χ4v) is 2.09. The van der Waals surface area contributed by atoms with Crippen molar-refractivity contribution < 1.29 is 13.2 Å². The van der Waals surface area contributed by atoms with Gasteiger partial charge < -0.3 is 5.32 Å². The van der Waals surface area contributed by atoms with Crippen molar-refractivity contribution in [1.82, 2.24) is 19.6 Å². The van der Waals surface area contributed by atoms with E-state index in [4.69, 9.17) is 0 Å². The maximum Gasteiger partial charge on any atom is 0.433 e. The lowest BCUT2D eigenvalue weighted by Crippen LogP contribution is -2.16. The zero-order valence-corrected chi connectivity index (χ0v) is 12.7. The summed E-state index contributed by atoms with van der Waals surface area (Å²) in [4.78, 5) is 0. The molecular formula is C12H17ClF3N5. The smallest absolute Gasteiger partial charge is 0.366 e. The molecular weight excluding hydrogens is 307 g/mol. The summed E-state index contributed by atoms with van der Waals surface area (Å²) in [6.07, 6.45) is -3.18. The zero-order valence-electron chi connectivity index (χ0n) is 11.9. The number of rotatable bonds is 4. The van der Waals surface area contributed by atoms with E-state index in [9.17, 15) is 13.2 Å². The molecule has 0 unspecified atom stereocenters. The highest BCUT2D eigenvalue weighted by atomic mass is 35.5. The number of hydrogen-bond donors (Lipinski definition) is 1. The van der Waals surface area contributed by atoms with E-state index in [1.165, 1.54) is 13.2 Å². The predicted molar refractivity (Wildman–Crippen MR) is 75.4 cm³/mol. The number of aromatic nitrogens is 4. The van der Waals surface area contributed by atoms with Crippen LogP contribution in [0.4, 0.5) is 19.0 Å². The topological polar surface area (TPSA) is 47.7 Å². The van der Waals surface area contributed by atoms with Gasteiger partial charge in [-0.1, -0.05) is 0 Å². The highest BCUT2D eigenvalue weighted by Gasteiger charge is 2.37. The summed E-state index contributed by atoms with van der Waals surface area (Å²) in [7, 11) is 1.28. The highest BCUT2D eigenvalue weighted by Crippen LogP contribution is 2.31. The van der Waals surface area contributed by atoms with Crippen LogP contribution in [0.25, 0.3) is 0 Å². The molecule has 0 saturated heterocycles. The monoisotopic (exact) mass is 323 g/mol. The summed E-state index contributed by atoms with van der Waals surface area (Å²) in [6, 6.07) is 1.80. The number of halogens is 4. The van der Waals surface area contributed by atoms with Gasteiger partial charge in [-0.2, -0.15) is 23.4 Å². The second kappa shape index (κ2) is 6.38. The van der Waals surface area contributed by atoms with Crippen LogP contribution in [0, 0.1) is 6.92 Å². The van der Waals surface area contributed by atoms with E-state index in [0.717, 1.165) is 10.4 Å². The Morgan fingerprint density at radius 1 is 1.33 bits per heavy atom. The molecule has 0 fully saturated rings. The van der Waals surface area contributed by atoms with Gasteiger partial charge in [-0.15, -0.1) is 12.4 Å². The third kappa shape index (κ3) is 3.69. The molecule has 0 saturated carbocycles. The molecule has 2 aromatic rings. The minimum atomic E-state index is -4.41. The average Bonchev–Trinajstić information content (AvgIpc) is 2.88. The minimum Gasteiger partial charge on any atom is -0.366 e. The van der Waals surface area contributed by atoms with Gasteiger partial charge in [-0.05, 0) is 13.8 Å². The van der Waals surface area contributed by atoms with Gasteiger partial charge in [0.2, 0.25) is 0 Å². The van der Waals surface area contributed by atoms with Gasteiger partial charge in [0.15, 0.2) is 0 Å².